The van der Waals surface area contributed by atoms with Gasteiger partial charge < -0.3 is 16.2 Å². The van der Waals surface area contributed by atoms with E-state index >= 15 is 0 Å². The molecule has 5 nitrogen and oxygen atoms in total. The number of nitrogens with zero attached hydrogens (tertiary/aromatic N) is 1. The fourth-order valence-electron chi connectivity index (χ4n) is 3.38. The normalized spacial score (nSPS) is 18.5. The van der Waals surface area contributed by atoms with Crippen LogP contribution in [0, 0.1) is 0 Å². The Bertz CT molecular complexity index is 649. The number of carbonyl (C=O) groups excluding carboxylic acids is 1. The van der Waals surface area contributed by atoms with E-state index in [1.54, 1.807) is 0 Å². The number of rotatable bonds is 7. The summed E-state index contributed by atoms with van der Waals surface area (Å²) in [7, 11) is 0. The van der Waals surface area contributed by atoms with Gasteiger partial charge in [-0.3, -0.25) is 9.69 Å². The zero-order chi connectivity index (χ0) is 16.9. The van der Waals surface area contributed by atoms with Crippen molar-refractivity contribution >= 4 is 5.91 Å². The molecule has 0 aromatic heterocycles. The van der Waals surface area contributed by atoms with Crippen LogP contribution in [0.5, 0.6) is 5.75 Å². The van der Waals surface area contributed by atoms with Gasteiger partial charge in [-0.15, -0.1) is 0 Å². The number of allylic oxidation sites excluding steroid dienone is 1. The minimum Gasteiger partial charge on any atom is -0.494 e. The first kappa shape index (κ1) is 16.7. The van der Waals surface area contributed by atoms with E-state index in [-0.39, 0.29) is 5.91 Å². The second-order valence-corrected chi connectivity index (χ2v) is 6.34. The molecule has 5 heteroatoms. The van der Waals surface area contributed by atoms with Crippen LogP contribution in [0.1, 0.15) is 30.9 Å². The highest BCUT2D eigenvalue weighted by molar-refractivity contribution is 5.81. The fraction of sp³-hybridized carbons (Fsp3) is 0.421. The molecule has 0 fully saturated rings. The summed E-state index contributed by atoms with van der Waals surface area (Å²) >= 11 is 0. The molecule has 1 unspecified atom stereocenters. The average molecular weight is 327 g/mol. The predicted octanol–water partition coefficient (Wildman–Crippen LogP) is 1.90. The van der Waals surface area contributed by atoms with E-state index in [2.05, 4.69) is 17.1 Å². The topological polar surface area (TPSA) is 81.6 Å². The van der Waals surface area contributed by atoms with E-state index in [1.807, 2.05) is 24.3 Å². The Hall–Kier alpha value is -2.11. The van der Waals surface area contributed by atoms with E-state index in [9.17, 15) is 4.79 Å². The maximum absolute atomic E-state index is 12.1. The zero-order valence-corrected chi connectivity index (χ0v) is 13.9. The lowest BCUT2D eigenvalue weighted by Gasteiger charge is -2.26. The van der Waals surface area contributed by atoms with Gasteiger partial charge in [0.2, 0.25) is 5.91 Å². The summed E-state index contributed by atoms with van der Waals surface area (Å²) in [5, 5.41) is 0. The van der Waals surface area contributed by atoms with Gasteiger partial charge in [0.05, 0.1) is 6.61 Å². The van der Waals surface area contributed by atoms with Gasteiger partial charge in [0, 0.05) is 13.1 Å². The van der Waals surface area contributed by atoms with Gasteiger partial charge in [-0.1, -0.05) is 29.9 Å². The quantitative estimate of drug-likeness (QED) is 0.750. The highest BCUT2D eigenvalue weighted by atomic mass is 16.5. The molecule has 0 spiro atoms. The first-order chi connectivity index (χ1) is 11.7. The molecule has 1 aromatic rings. The van der Waals surface area contributed by atoms with E-state index in [1.165, 1.54) is 11.1 Å². The van der Waals surface area contributed by atoms with Crippen LogP contribution in [0.15, 0.2) is 47.6 Å². The molecule has 24 heavy (non-hydrogen) atoms. The lowest BCUT2D eigenvalue weighted by molar-refractivity contribution is -0.123. The van der Waals surface area contributed by atoms with Crippen molar-refractivity contribution in [1.82, 2.24) is 4.90 Å². The van der Waals surface area contributed by atoms with E-state index < -0.39 is 6.04 Å². The van der Waals surface area contributed by atoms with Crippen molar-refractivity contribution < 1.29 is 9.53 Å². The number of hydrogen-bond acceptors (Lipinski definition) is 4. The highest BCUT2D eigenvalue weighted by Gasteiger charge is 2.31. The van der Waals surface area contributed by atoms with Crippen molar-refractivity contribution in [2.24, 2.45) is 11.5 Å². The molecule has 1 amide bonds. The molecule has 1 aliphatic carbocycles. The Balaban J connectivity index is 1.70. The molecule has 0 radical (unpaired) electrons. The average Bonchev–Trinajstić information content (AvgIpc) is 2.99. The van der Waals surface area contributed by atoms with Crippen molar-refractivity contribution in [2.45, 2.75) is 25.3 Å². The maximum atomic E-state index is 12.1. The lowest BCUT2D eigenvalue weighted by atomic mass is 10.0. The minimum atomic E-state index is -0.401. The standard InChI is InChI=1S/C19H25N3O2/c20-10-3-11-24-17-8-6-14(7-9-17)18(19(21)23)22-12-15-4-1-2-5-16(15)13-22/h1,4,6-9,18H,2-3,5,10-13,20H2,(H2,21,23). The zero-order valence-electron chi connectivity index (χ0n) is 13.9. The van der Waals surface area contributed by atoms with Crippen molar-refractivity contribution in [3.8, 4) is 5.75 Å². The van der Waals surface area contributed by atoms with Crippen LogP contribution >= 0.6 is 0 Å². The number of primary amides is 1. The van der Waals surface area contributed by atoms with Crippen LogP contribution in [0.3, 0.4) is 0 Å². The summed E-state index contributed by atoms with van der Waals surface area (Å²) in [6, 6.07) is 7.25. The van der Waals surface area contributed by atoms with Gasteiger partial charge in [-0.05, 0) is 49.1 Å². The minimum absolute atomic E-state index is 0.310. The van der Waals surface area contributed by atoms with Crippen LogP contribution in [0.25, 0.3) is 0 Å². The summed E-state index contributed by atoms with van der Waals surface area (Å²) in [5.41, 5.74) is 14.9. The molecule has 1 atom stereocenters. The Morgan fingerprint density at radius 1 is 1.25 bits per heavy atom. The van der Waals surface area contributed by atoms with Crippen LogP contribution in [-0.4, -0.2) is 37.0 Å². The van der Waals surface area contributed by atoms with Gasteiger partial charge in [-0.2, -0.15) is 0 Å². The number of carbonyl (C=O) groups is 1. The van der Waals surface area contributed by atoms with Crippen molar-refractivity contribution in [2.75, 3.05) is 26.2 Å². The molecule has 128 valence electrons. The van der Waals surface area contributed by atoms with Gasteiger partial charge in [0.1, 0.15) is 11.8 Å². The summed E-state index contributed by atoms with van der Waals surface area (Å²) in [4.78, 5) is 14.2. The first-order valence-corrected chi connectivity index (χ1v) is 8.52. The highest BCUT2D eigenvalue weighted by Crippen LogP contribution is 2.33. The van der Waals surface area contributed by atoms with Crippen LogP contribution in [0.4, 0.5) is 0 Å². The van der Waals surface area contributed by atoms with E-state index in [0.717, 1.165) is 43.7 Å². The Morgan fingerprint density at radius 2 is 2.04 bits per heavy atom. The number of amides is 1. The lowest BCUT2D eigenvalue weighted by Crippen LogP contribution is -2.37. The summed E-state index contributed by atoms with van der Waals surface area (Å²) in [6.07, 6.45) is 7.38. The fourth-order valence-corrected chi connectivity index (χ4v) is 3.38. The van der Waals surface area contributed by atoms with Crippen LogP contribution in [0.2, 0.25) is 0 Å². The third-order valence-electron chi connectivity index (χ3n) is 4.60. The molecule has 4 N–H and O–H groups in total. The van der Waals surface area contributed by atoms with Crippen molar-refractivity contribution in [3.05, 3.63) is 53.1 Å². The predicted molar refractivity (Wildman–Crippen MR) is 94.5 cm³/mol. The van der Waals surface area contributed by atoms with E-state index in [0.29, 0.717) is 13.2 Å². The monoisotopic (exact) mass is 327 g/mol. The number of hydrogen-bond donors (Lipinski definition) is 2. The SMILES string of the molecule is NCCCOc1ccc(C(C(N)=O)N2CC3=C(CCC=C3)C2)cc1. The molecular weight excluding hydrogens is 302 g/mol. The third kappa shape index (κ3) is 3.68. The van der Waals surface area contributed by atoms with Gasteiger partial charge in [0.15, 0.2) is 0 Å². The smallest absolute Gasteiger partial charge is 0.239 e. The third-order valence-corrected chi connectivity index (χ3v) is 4.60. The summed E-state index contributed by atoms with van der Waals surface area (Å²) in [6.45, 7) is 2.82. The Labute approximate surface area is 142 Å². The molecule has 1 aliphatic heterocycles. The number of ether oxygens (including phenoxy) is 1. The van der Waals surface area contributed by atoms with Gasteiger partial charge >= 0.3 is 0 Å². The van der Waals surface area contributed by atoms with Crippen molar-refractivity contribution in [3.63, 3.8) is 0 Å². The molecule has 0 bridgehead atoms. The van der Waals surface area contributed by atoms with Crippen molar-refractivity contribution in [1.29, 1.82) is 0 Å². The summed E-state index contributed by atoms with van der Waals surface area (Å²) in [5.74, 6) is 0.479. The largest absolute Gasteiger partial charge is 0.494 e. The molecule has 0 saturated carbocycles. The number of nitrogens with two attached hydrogens (primary N) is 2. The maximum Gasteiger partial charge on any atom is 0.239 e. The molecule has 2 aliphatic rings. The van der Waals surface area contributed by atoms with Gasteiger partial charge in [-0.25, -0.2) is 0 Å². The molecule has 3 rings (SSSR count). The van der Waals surface area contributed by atoms with Crippen LogP contribution < -0.4 is 16.2 Å². The molecule has 1 heterocycles. The molecule has 0 saturated heterocycles. The Morgan fingerprint density at radius 3 is 2.71 bits per heavy atom. The number of benzene rings is 1. The van der Waals surface area contributed by atoms with Crippen LogP contribution in [-0.2, 0) is 4.79 Å². The first-order valence-electron chi connectivity index (χ1n) is 8.52. The molecule has 1 aromatic carbocycles. The second-order valence-electron chi connectivity index (χ2n) is 6.34. The summed E-state index contributed by atoms with van der Waals surface area (Å²) < 4.78 is 5.62. The van der Waals surface area contributed by atoms with Gasteiger partial charge in [0.25, 0.3) is 0 Å². The molecular formula is C19H25N3O2. The second kappa shape index (κ2) is 7.64. The Kier molecular flexibility index (Phi) is 5.33. The van der Waals surface area contributed by atoms with E-state index in [4.69, 9.17) is 16.2 Å².